The van der Waals surface area contributed by atoms with E-state index in [1.165, 1.54) is 11.8 Å². The second-order valence-corrected chi connectivity index (χ2v) is 5.15. The Labute approximate surface area is 116 Å². The van der Waals surface area contributed by atoms with E-state index in [0.717, 1.165) is 4.90 Å². The molecule has 0 radical (unpaired) electrons. The van der Waals surface area contributed by atoms with Crippen molar-refractivity contribution in [2.24, 2.45) is 0 Å². The van der Waals surface area contributed by atoms with Gasteiger partial charge in [0.25, 0.3) is 0 Å². The van der Waals surface area contributed by atoms with E-state index < -0.39 is 11.3 Å². The lowest BCUT2D eigenvalue weighted by Crippen LogP contribution is -2.17. The SMILES string of the molecule is CCOC(=O)c1cc(SC)ccc1C(=O)C(C)Cl. The Bertz CT molecular complexity index is 458. The topological polar surface area (TPSA) is 43.4 Å². The summed E-state index contributed by atoms with van der Waals surface area (Å²) in [5.41, 5.74) is 0.593. The largest absolute Gasteiger partial charge is 0.462 e. The maximum absolute atomic E-state index is 11.9. The summed E-state index contributed by atoms with van der Waals surface area (Å²) in [7, 11) is 0. The molecule has 0 N–H and O–H groups in total. The molecule has 0 amide bonds. The first kappa shape index (κ1) is 15.1. The fourth-order valence-electron chi connectivity index (χ4n) is 1.46. The molecule has 0 aliphatic heterocycles. The van der Waals surface area contributed by atoms with Crippen LogP contribution in [0.3, 0.4) is 0 Å². The van der Waals surface area contributed by atoms with Crippen molar-refractivity contribution >= 4 is 35.1 Å². The number of carbonyl (C=O) groups is 2. The van der Waals surface area contributed by atoms with E-state index >= 15 is 0 Å². The first-order valence-corrected chi connectivity index (χ1v) is 7.20. The van der Waals surface area contributed by atoms with Crippen molar-refractivity contribution in [3.8, 4) is 0 Å². The number of alkyl halides is 1. The number of hydrogen-bond acceptors (Lipinski definition) is 4. The van der Waals surface area contributed by atoms with Crippen molar-refractivity contribution in [3.63, 3.8) is 0 Å². The average Bonchev–Trinajstić information content (AvgIpc) is 2.37. The smallest absolute Gasteiger partial charge is 0.338 e. The Balaban J connectivity index is 3.24. The van der Waals surface area contributed by atoms with Gasteiger partial charge in [0, 0.05) is 10.5 Å². The average molecular weight is 287 g/mol. The van der Waals surface area contributed by atoms with Gasteiger partial charge >= 0.3 is 5.97 Å². The van der Waals surface area contributed by atoms with Crippen molar-refractivity contribution in [2.45, 2.75) is 24.1 Å². The molecule has 18 heavy (non-hydrogen) atoms. The van der Waals surface area contributed by atoms with Gasteiger partial charge in [-0.3, -0.25) is 4.79 Å². The minimum atomic E-state index is -0.668. The van der Waals surface area contributed by atoms with Crippen LogP contribution < -0.4 is 0 Å². The molecule has 5 heteroatoms. The molecule has 3 nitrogen and oxygen atoms in total. The predicted molar refractivity (Wildman–Crippen MR) is 73.8 cm³/mol. The van der Waals surface area contributed by atoms with Gasteiger partial charge in [0.2, 0.25) is 0 Å². The molecule has 0 bridgehead atoms. The van der Waals surface area contributed by atoms with Crippen LogP contribution in [0.4, 0.5) is 0 Å². The van der Waals surface area contributed by atoms with E-state index in [-0.39, 0.29) is 18.0 Å². The highest BCUT2D eigenvalue weighted by Crippen LogP contribution is 2.22. The third-order valence-corrected chi connectivity index (χ3v) is 3.27. The molecule has 1 atom stereocenters. The third-order valence-electron chi connectivity index (χ3n) is 2.35. The monoisotopic (exact) mass is 286 g/mol. The number of esters is 1. The number of ether oxygens (including phenoxy) is 1. The zero-order valence-corrected chi connectivity index (χ0v) is 12.1. The number of halogens is 1. The summed E-state index contributed by atoms with van der Waals surface area (Å²) in [5.74, 6) is -0.763. The van der Waals surface area contributed by atoms with Crippen LogP contribution in [0.5, 0.6) is 0 Å². The Kier molecular flexibility index (Phi) is 5.69. The third kappa shape index (κ3) is 3.50. The van der Waals surface area contributed by atoms with E-state index in [0.29, 0.717) is 5.56 Å². The normalized spacial score (nSPS) is 12.0. The summed E-state index contributed by atoms with van der Waals surface area (Å²) < 4.78 is 4.95. The van der Waals surface area contributed by atoms with Crippen LogP contribution in [-0.4, -0.2) is 30.0 Å². The number of thioether (sulfide) groups is 1. The van der Waals surface area contributed by atoms with E-state index in [1.807, 2.05) is 6.26 Å². The molecular weight excluding hydrogens is 272 g/mol. The van der Waals surface area contributed by atoms with E-state index in [4.69, 9.17) is 16.3 Å². The van der Waals surface area contributed by atoms with Crippen LogP contribution in [0.25, 0.3) is 0 Å². The highest BCUT2D eigenvalue weighted by molar-refractivity contribution is 7.98. The molecule has 0 aliphatic rings. The highest BCUT2D eigenvalue weighted by atomic mass is 35.5. The van der Waals surface area contributed by atoms with E-state index in [2.05, 4.69) is 0 Å². The number of hydrogen-bond donors (Lipinski definition) is 0. The second kappa shape index (κ2) is 6.81. The van der Waals surface area contributed by atoms with Gasteiger partial charge in [-0.05, 0) is 38.3 Å². The molecule has 0 spiro atoms. The van der Waals surface area contributed by atoms with E-state index in [9.17, 15) is 9.59 Å². The first-order chi connectivity index (χ1) is 8.51. The fourth-order valence-corrected chi connectivity index (χ4v) is 2.01. The first-order valence-electron chi connectivity index (χ1n) is 5.54. The van der Waals surface area contributed by atoms with Crippen LogP contribution in [0.2, 0.25) is 0 Å². The van der Waals surface area contributed by atoms with Gasteiger partial charge in [-0.2, -0.15) is 0 Å². The zero-order chi connectivity index (χ0) is 13.7. The molecular formula is C13H15ClO3S. The number of Topliss-reactive ketones (excluding diaryl/α,β-unsaturated/α-hetero) is 1. The molecule has 0 aromatic heterocycles. The highest BCUT2D eigenvalue weighted by Gasteiger charge is 2.21. The standard InChI is InChI=1S/C13H15ClO3S/c1-4-17-13(16)11-7-9(18-3)5-6-10(11)12(15)8(2)14/h5-8H,4H2,1-3H3. The lowest BCUT2D eigenvalue weighted by Gasteiger charge is -2.10. The molecule has 1 aromatic carbocycles. The summed E-state index contributed by atoms with van der Waals surface area (Å²) in [6, 6.07) is 5.08. The van der Waals surface area contributed by atoms with Gasteiger partial charge in [-0.15, -0.1) is 23.4 Å². The Hall–Kier alpha value is -1.00. The fraction of sp³-hybridized carbons (Fsp3) is 0.385. The predicted octanol–water partition coefficient (Wildman–Crippen LogP) is 3.40. The van der Waals surface area contributed by atoms with Crippen molar-refractivity contribution in [1.29, 1.82) is 0 Å². The molecule has 0 heterocycles. The van der Waals surface area contributed by atoms with Crippen LogP contribution in [0, 0.1) is 0 Å². The molecule has 1 unspecified atom stereocenters. The maximum Gasteiger partial charge on any atom is 0.338 e. The minimum absolute atomic E-state index is 0.270. The van der Waals surface area contributed by atoms with Gasteiger partial charge in [0.05, 0.1) is 17.5 Å². The van der Waals surface area contributed by atoms with Crippen LogP contribution >= 0.6 is 23.4 Å². The molecule has 98 valence electrons. The van der Waals surface area contributed by atoms with Crippen LogP contribution in [0.15, 0.2) is 23.1 Å². The van der Waals surface area contributed by atoms with Gasteiger partial charge in [-0.25, -0.2) is 4.79 Å². The number of benzene rings is 1. The summed E-state index contributed by atoms with van der Waals surface area (Å²) in [6.07, 6.45) is 1.90. The van der Waals surface area contributed by atoms with Crippen molar-refractivity contribution in [3.05, 3.63) is 29.3 Å². The quantitative estimate of drug-likeness (QED) is 0.360. The summed E-state index contributed by atoms with van der Waals surface area (Å²) in [5, 5.41) is -0.668. The molecule has 0 saturated heterocycles. The summed E-state index contributed by atoms with van der Waals surface area (Å²) >= 11 is 7.28. The lowest BCUT2D eigenvalue weighted by molar-refractivity contribution is 0.0523. The number of carbonyl (C=O) groups excluding carboxylic acids is 2. The minimum Gasteiger partial charge on any atom is -0.462 e. The molecule has 1 aromatic rings. The lowest BCUT2D eigenvalue weighted by atomic mass is 10.0. The maximum atomic E-state index is 11.9. The second-order valence-electron chi connectivity index (χ2n) is 3.61. The molecule has 0 saturated carbocycles. The Morgan fingerprint density at radius 3 is 2.56 bits per heavy atom. The Morgan fingerprint density at radius 1 is 1.39 bits per heavy atom. The van der Waals surface area contributed by atoms with Crippen molar-refractivity contribution in [2.75, 3.05) is 12.9 Å². The van der Waals surface area contributed by atoms with Gasteiger partial charge in [0.15, 0.2) is 5.78 Å². The molecule has 1 rings (SSSR count). The van der Waals surface area contributed by atoms with E-state index in [1.54, 1.807) is 32.0 Å². The number of rotatable bonds is 5. The van der Waals surface area contributed by atoms with Gasteiger partial charge in [-0.1, -0.05) is 0 Å². The molecule has 0 aliphatic carbocycles. The van der Waals surface area contributed by atoms with Crippen LogP contribution in [-0.2, 0) is 4.74 Å². The summed E-state index contributed by atoms with van der Waals surface area (Å²) in [6.45, 7) is 3.58. The number of ketones is 1. The van der Waals surface area contributed by atoms with Crippen molar-refractivity contribution < 1.29 is 14.3 Å². The zero-order valence-electron chi connectivity index (χ0n) is 10.5. The van der Waals surface area contributed by atoms with Gasteiger partial charge in [0.1, 0.15) is 0 Å². The summed E-state index contributed by atoms with van der Waals surface area (Å²) in [4.78, 5) is 24.7. The van der Waals surface area contributed by atoms with Crippen LogP contribution in [0.1, 0.15) is 34.6 Å². The molecule has 0 fully saturated rings. The van der Waals surface area contributed by atoms with Gasteiger partial charge < -0.3 is 4.74 Å². The Morgan fingerprint density at radius 2 is 2.06 bits per heavy atom. The van der Waals surface area contributed by atoms with Crippen molar-refractivity contribution in [1.82, 2.24) is 0 Å².